The maximum atomic E-state index is 12.3. The minimum absolute atomic E-state index is 0.0484. The molecule has 0 saturated carbocycles. The Bertz CT molecular complexity index is 487. The molecule has 3 nitrogen and oxygen atoms in total. The molecule has 0 bridgehead atoms. The largest absolute Gasteiger partial charge is 0.372 e. The Morgan fingerprint density at radius 3 is 2.59 bits per heavy atom. The van der Waals surface area contributed by atoms with Crippen LogP contribution in [0.25, 0.3) is 0 Å². The van der Waals surface area contributed by atoms with E-state index >= 15 is 0 Å². The number of benzene rings is 1. The van der Waals surface area contributed by atoms with Gasteiger partial charge in [0.05, 0.1) is 12.7 Å². The van der Waals surface area contributed by atoms with Crippen LogP contribution in [0.4, 0.5) is 0 Å². The molecule has 1 aliphatic rings. The van der Waals surface area contributed by atoms with Crippen molar-refractivity contribution < 1.29 is 9.53 Å². The summed E-state index contributed by atoms with van der Waals surface area (Å²) in [6.45, 7) is 10.7. The summed E-state index contributed by atoms with van der Waals surface area (Å²) >= 11 is 0. The number of hydrogen-bond donors (Lipinski definition) is 0. The highest BCUT2D eigenvalue weighted by atomic mass is 16.5. The second kappa shape index (κ2) is 7.28. The molecule has 1 aliphatic heterocycles. The fourth-order valence-electron chi connectivity index (χ4n) is 2.76. The average Bonchev–Trinajstić information content (AvgIpc) is 2.45. The quantitative estimate of drug-likeness (QED) is 0.843. The van der Waals surface area contributed by atoms with E-state index in [4.69, 9.17) is 4.74 Å². The average molecular weight is 303 g/mol. The second-order valence-corrected chi connectivity index (χ2v) is 7.64. The molecular formula is C19H29NO2. The van der Waals surface area contributed by atoms with E-state index in [-0.39, 0.29) is 17.4 Å². The Morgan fingerprint density at radius 2 is 1.95 bits per heavy atom. The smallest absolute Gasteiger partial charge is 0.223 e. The number of carbonyl (C=O) groups excluding carboxylic acids is 1. The molecule has 1 fully saturated rings. The summed E-state index contributed by atoms with van der Waals surface area (Å²) < 4.78 is 6.03. The second-order valence-electron chi connectivity index (χ2n) is 7.64. The third kappa shape index (κ3) is 5.45. The SMILES string of the molecule is Cc1ccc(COC2CCCN(C(=O)CC(C)(C)C)C2)cc1. The molecule has 0 spiro atoms. The molecule has 1 heterocycles. The van der Waals surface area contributed by atoms with Crippen LogP contribution in [-0.4, -0.2) is 30.0 Å². The van der Waals surface area contributed by atoms with E-state index in [9.17, 15) is 4.79 Å². The number of ether oxygens (including phenoxy) is 1. The summed E-state index contributed by atoms with van der Waals surface area (Å²) in [6.07, 6.45) is 2.86. The van der Waals surface area contributed by atoms with E-state index in [0.717, 1.165) is 25.9 Å². The topological polar surface area (TPSA) is 29.5 Å². The lowest BCUT2D eigenvalue weighted by molar-refractivity contribution is -0.137. The molecule has 2 rings (SSSR count). The van der Waals surface area contributed by atoms with Crippen LogP contribution in [0.1, 0.15) is 51.2 Å². The summed E-state index contributed by atoms with van der Waals surface area (Å²) in [4.78, 5) is 14.3. The molecule has 22 heavy (non-hydrogen) atoms. The zero-order chi connectivity index (χ0) is 16.2. The van der Waals surface area contributed by atoms with Crippen LogP contribution in [0, 0.1) is 12.3 Å². The molecule has 1 unspecified atom stereocenters. The molecule has 1 amide bonds. The highest BCUT2D eigenvalue weighted by Gasteiger charge is 2.26. The maximum Gasteiger partial charge on any atom is 0.223 e. The number of carbonyl (C=O) groups is 1. The number of likely N-dealkylation sites (tertiary alicyclic amines) is 1. The molecule has 1 atom stereocenters. The highest BCUT2D eigenvalue weighted by molar-refractivity contribution is 5.76. The minimum atomic E-state index is 0.0484. The van der Waals surface area contributed by atoms with E-state index in [2.05, 4.69) is 52.0 Å². The molecule has 1 saturated heterocycles. The Labute approximate surface area is 134 Å². The lowest BCUT2D eigenvalue weighted by Crippen LogP contribution is -2.44. The van der Waals surface area contributed by atoms with Crippen LogP contribution in [-0.2, 0) is 16.1 Å². The standard InChI is InChI=1S/C19H29NO2/c1-15-7-9-16(10-8-15)14-22-17-6-5-11-20(13-17)18(21)12-19(2,3)4/h7-10,17H,5-6,11-14H2,1-4H3. The van der Waals surface area contributed by atoms with Gasteiger partial charge in [0.1, 0.15) is 0 Å². The first kappa shape index (κ1) is 17.0. The zero-order valence-corrected chi connectivity index (χ0v) is 14.4. The third-order valence-corrected chi connectivity index (χ3v) is 4.02. The molecule has 0 aliphatic carbocycles. The lowest BCUT2D eigenvalue weighted by Gasteiger charge is -2.34. The van der Waals surface area contributed by atoms with Crippen molar-refractivity contribution in [2.45, 2.75) is 59.7 Å². The Morgan fingerprint density at radius 1 is 1.27 bits per heavy atom. The van der Waals surface area contributed by atoms with Crippen LogP contribution in [0.2, 0.25) is 0 Å². The van der Waals surface area contributed by atoms with Gasteiger partial charge in [0.2, 0.25) is 5.91 Å². The monoisotopic (exact) mass is 303 g/mol. The predicted molar refractivity (Wildman–Crippen MR) is 89.6 cm³/mol. The molecular weight excluding hydrogens is 274 g/mol. The summed E-state index contributed by atoms with van der Waals surface area (Å²) in [6, 6.07) is 8.44. The van der Waals surface area contributed by atoms with Crippen molar-refractivity contribution in [1.82, 2.24) is 4.90 Å². The number of amides is 1. The van der Waals surface area contributed by atoms with Gasteiger partial charge < -0.3 is 9.64 Å². The van der Waals surface area contributed by atoms with Gasteiger partial charge in [-0.3, -0.25) is 4.79 Å². The van der Waals surface area contributed by atoms with Crippen molar-refractivity contribution >= 4 is 5.91 Å². The van der Waals surface area contributed by atoms with Gasteiger partial charge in [-0.2, -0.15) is 0 Å². The van der Waals surface area contributed by atoms with Crippen LogP contribution in [0.5, 0.6) is 0 Å². The van der Waals surface area contributed by atoms with Crippen molar-refractivity contribution in [3.05, 3.63) is 35.4 Å². The number of aryl methyl sites for hydroxylation is 1. The molecule has 1 aromatic carbocycles. The lowest BCUT2D eigenvalue weighted by atomic mass is 9.91. The van der Waals surface area contributed by atoms with E-state index in [1.54, 1.807) is 0 Å². The van der Waals surface area contributed by atoms with Gasteiger partial charge in [0.25, 0.3) is 0 Å². The number of hydrogen-bond acceptors (Lipinski definition) is 2. The molecule has 0 radical (unpaired) electrons. The summed E-state index contributed by atoms with van der Waals surface area (Å²) in [5.74, 6) is 0.260. The highest BCUT2D eigenvalue weighted by Crippen LogP contribution is 2.22. The summed E-state index contributed by atoms with van der Waals surface area (Å²) in [5, 5.41) is 0. The Hall–Kier alpha value is -1.35. The van der Waals surface area contributed by atoms with Crippen LogP contribution < -0.4 is 0 Å². The maximum absolute atomic E-state index is 12.3. The van der Waals surface area contributed by atoms with Gasteiger partial charge in [-0.1, -0.05) is 50.6 Å². The van der Waals surface area contributed by atoms with Crippen molar-refractivity contribution in [3.63, 3.8) is 0 Å². The van der Waals surface area contributed by atoms with Gasteiger partial charge in [-0.05, 0) is 30.7 Å². The van der Waals surface area contributed by atoms with E-state index in [0.29, 0.717) is 13.0 Å². The molecule has 3 heteroatoms. The van der Waals surface area contributed by atoms with Crippen molar-refractivity contribution in [2.24, 2.45) is 5.41 Å². The number of nitrogens with zero attached hydrogens (tertiary/aromatic N) is 1. The first-order valence-electron chi connectivity index (χ1n) is 8.28. The van der Waals surface area contributed by atoms with E-state index in [1.165, 1.54) is 11.1 Å². The fourth-order valence-corrected chi connectivity index (χ4v) is 2.76. The van der Waals surface area contributed by atoms with Crippen molar-refractivity contribution in [2.75, 3.05) is 13.1 Å². The normalized spacial score (nSPS) is 19.3. The molecule has 0 N–H and O–H groups in total. The number of piperidine rings is 1. The molecule has 0 aromatic heterocycles. The molecule has 122 valence electrons. The van der Waals surface area contributed by atoms with Gasteiger partial charge in [-0.25, -0.2) is 0 Å². The van der Waals surface area contributed by atoms with Crippen LogP contribution >= 0.6 is 0 Å². The predicted octanol–water partition coefficient (Wildman–Crippen LogP) is 3.94. The zero-order valence-electron chi connectivity index (χ0n) is 14.4. The minimum Gasteiger partial charge on any atom is -0.372 e. The van der Waals surface area contributed by atoms with Gasteiger partial charge in [0, 0.05) is 19.5 Å². The van der Waals surface area contributed by atoms with Gasteiger partial charge >= 0.3 is 0 Å². The summed E-state index contributed by atoms with van der Waals surface area (Å²) in [7, 11) is 0. The van der Waals surface area contributed by atoms with E-state index < -0.39 is 0 Å². The van der Waals surface area contributed by atoms with Crippen molar-refractivity contribution in [1.29, 1.82) is 0 Å². The first-order chi connectivity index (χ1) is 10.3. The summed E-state index contributed by atoms with van der Waals surface area (Å²) in [5.41, 5.74) is 2.51. The fraction of sp³-hybridized carbons (Fsp3) is 0.632. The third-order valence-electron chi connectivity index (χ3n) is 4.02. The van der Waals surface area contributed by atoms with Gasteiger partial charge in [0.15, 0.2) is 0 Å². The van der Waals surface area contributed by atoms with E-state index in [1.807, 2.05) is 4.90 Å². The van der Waals surface area contributed by atoms with Crippen LogP contribution in [0.3, 0.4) is 0 Å². The molecule has 1 aromatic rings. The Kier molecular flexibility index (Phi) is 5.63. The number of rotatable bonds is 4. The first-order valence-corrected chi connectivity index (χ1v) is 8.28. The Balaban J connectivity index is 1.82. The van der Waals surface area contributed by atoms with Gasteiger partial charge in [-0.15, -0.1) is 0 Å². The van der Waals surface area contributed by atoms with Crippen molar-refractivity contribution in [3.8, 4) is 0 Å². The van der Waals surface area contributed by atoms with Crippen LogP contribution in [0.15, 0.2) is 24.3 Å².